The van der Waals surface area contributed by atoms with Crippen LogP contribution < -0.4 is 0 Å². The van der Waals surface area contributed by atoms with Crippen molar-refractivity contribution in [2.24, 2.45) is 17.8 Å². The molecule has 99 heavy (non-hydrogen) atoms. The Morgan fingerprint density at radius 3 is 0.899 bits per heavy atom. The Balaban J connectivity index is 5.31. The maximum Gasteiger partial charge on any atom is 0.472 e. The van der Waals surface area contributed by atoms with Gasteiger partial charge in [0.15, 0.2) is 12.2 Å². The highest BCUT2D eigenvalue weighted by Gasteiger charge is 2.30. The maximum atomic E-state index is 13.1. The summed E-state index contributed by atoms with van der Waals surface area (Å²) in [4.78, 5) is 73.0. The van der Waals surface area contributed by atoms with Gasteiger partial charge < -0.3 is 33.8 Å². The second kappa shape index (κ2) is 69.9. The summed E-state index contributed by atoms with van der Waals surface area (Å²) in [6, 6.07) is 0. The second-order valence-electron chi connectivity index (χ2n) is 29.1. The van der Waals surface area contributed by atoms with Gasteiger partial charge in [-0.15, -0.1) is 0 Å². The van der Waals surface area contributed by atoms with Gasteiger partial charge in [-0.05, 0) is 69.1 Å². The largest absolute Gasteiger partial charge is 0.472 e. The maximum absolute atomic E-state index is 13.1. The average molecular weight is 1450 g/mol. The Hall–Kier alpha value is -2.46. The second-order valence-corrected chi connectivity index (χ2v) is 32.0. The van der Waals surface area contributed by atoms with E-state index < -0.39 is 97.5 Å². The summed E-state index contributed by atoms with van der Waals surface area (Å²) in [6.45, 7) is 11.9. The molecule has 0 amide bonds. The van der Waals surface area contributed by atoms with E-state index in [2.05, 4.69) is 72.8 Å². The molecule has 0 aliphatic heterocycles. The van der Waals surface area contributed by atoms with Crippen LogP contribution in [-0.4, -0.2) is 96.7 Å². The smallest absolute Gasteiger partial charge is 0.462 e. The van der Waals surface area contributed by atoms with E-state index in [9.17, 15) is 43.2 Å². The molecule has 0 fully saturated rings. The van der Waals surface area contributed by atoms with Crippen LogP contribution in [0.4, 0.5) is 0 Å². The SMILES string of the molecule is CCCCCC/C=C\C=C/CCCCCCCC(=O)OC[C@H](COP(=O)(O)OC[C@@H](O)COP(=O)(O)OC[C@@H](COC(=O)CCCCCCCCCCCC(C)C)OC(=O)CCCCCCCCCCCCC(C)CC)OC(=O)CCCCCCCCCCCCCCCCC(C)CC. The number of ether oxygens (including phenoxy) is 4. The third-order valence-electron chi connectivity index (χ3n) is 18.7. The zero-order chi connectivity index (χ0) is 73.0. The zero-order valence-corrected chi connectivity index (χ0v) is 66.2. The Morgan fingerprint density at radius 1 is 0.333 bits per heavy atom. The average Bonchev–Trinajstić information content (AvgIpc) is 1.03. The molecule has 19 heteroatoms. The van der Waals surface area contributed by atoms with E-state index in [0.29, 0.717) is 25.7 Å². The Morgan fingerprint density at radius 2 is 0.596 bits per heavy atom. The third-order valence-corrected chi connectivity index (χ3v) is 20.6. The number of rotatable bonds is 76. The van der Waals surface area contributed by atoms with Gasteiger partial charge in [0.05, 0.1) is 26.4 Å². The lowest BCUT2D eigenvalue weighted by Gasteiger charge is -2.21. The first kappa shape index (κ1) is 96.5. The molecule has 0 saturated carbocycles. The molecule has 0 heterocycles. The standard InChI is InChI=1S/C80H152O17P2/c1-8-11-12-13-14-15-16-17-18-22-25-33-40-47-54-61-77(82)90-67-75(96-79(84)63-56-49-42-34-26-23-20-19-21-24-31-38-45-52-59-72(6)9-2)69-94-98(86,87)92-65-74(81)66-93-99(88,89)95-70-76(68-91-78(83)62-55-48-41-36-29-30-37-44-51-58-71(4)5)97-80(85)64-57-50-43-35-28-27-32-39-46-53-60-73(7)10-3/h15-18,71-76,81H,8-14,19-70H2,1-7H3,(H,86,87)(H,88,89)/b16-15-,18-17-/t72?,73?,74-,75-,76-/m1/s1. The zero-order valence-electron chi connectivity index (χ0n) is 64.4. The van der Waals surface area contributed by atoms with Crippen LogP contribution in [-0.2, 0) is 65.4 Å². The Labute approximate surface area is 605 Å². The van der Waals surface area contributed by atoms with Gasteiger partial charge in [0.1, 0.15) is 19.3 Å². The topological polar surface area (TPSA) is 237 Å². The molecule has 0 radical (unpaired) electrons. The quantitative estimate of drug-likeness (QED) is 0.0169. The molecule has 584 valence electrons. The molecule has 0 spiro atoms. The number of unbranched alkanes of at least 4 members (excludes halogenated alkanes) is 39. The predicted molar refractivity (Wildman–Crippen MR) is 404 cm³/mol. The lowest BCUT2D eigenvalue weighted by atomic mass is 9.99. The number of aliphatic hydroxyl groups excluding tert-OH is 1. The fourth-order valence-corrected chi connectivity index (χ4v) is 13.3. The van der Waals surface area contributed by atoms with Crippen LogP contribution in [0.2, 0.25) is 0 Å². The van der Waals surface area contributed by atoms with E-state index in [1.807, 2.05) is 0 Å². The molecule has 3 N–H and O–H groups in total. The lowest BCUT2D eigenvalue weighted by molar-refractivity contribution is -0.161. The molecule has 0 aliphatic carbocycles. The number of carbonyl (C=O) groups is 4. The minimum Gasteiger partial charge on any atom is -0.462 e. The summed E-state index contributed by atoms with van der Waals surface area (Å²) in [5.41, 5.74) is 0. The number of phosphoric ester groups is 2. The first-order valence-corrected chi connectivity index (χ1v) is 43.7. The van der Waals surface area contributed by atoms with E-state index in [-0.39, 0.29) is 25.7 Å². The van der Waals surface area contributed by atoms with Gasteiger partial charge in [-0.1, -0.05) is 336 Å². The van der Waals surface area contributed by atoms with Gasteiger partial charge in [0, 0.05) is 25.7 Å². The molecule has 0 saturated heterocycles. The molecule has 0 aromatic rings. The number of esters is 4. The van der Waals surface area contributed by atoms with Crippen molar-refractivity contribution in [3.63, 3.8) is 0 Å². The van der Waals surface area contributed by atoms with Crippen molar-refractivity contribution in [1.29, 1.82) is 0 Å². The Kier molecular flexibility index (Phi) is 68.1. The van der Waals surface area contributed by atoms with Crippen LogP contribution in [0.3, 0.4) is 0 Å². The molecule has 7 atom stereocenters. The third kappa shape index (κ3) is 71.0. The number of hydrogen-bond acceptors (Lipinski definition) is 15. The van der Waals surface area contributed by atoms with Crippen molar-refractivity contribution in [3.8, 4) is 0 Å². The highest BCUT2D eigenvalue weighted by molar-refractivity contribution is 7.47. The van der Waals surface area contributed by atoms with Gasteiger partial charge >= 0.3 is 39.5 Å². The molecule has 4 unspecified atom stereocenters. The van der Waals surface area contributed by atoms with Gasteiger partial charge in [-0.25, -0.2) is 9.13 Å². The van der Waals surface area contributed by atoms with Crippen molar-refractivity contribution in [1.82, 2.24) is 0 Å². The Bertz CT molecular complexity index is 2020. The molecular formula is C80H152O17P2. The minimum absolute atomic E-state index is 0.100. The number of carbonyl (C=O) groups excluding carboxylic acids is 4. The lowest BCUT2D eigenvalue weighted by Crippen LogP contribution is -2.30. The fraction of sp³-hybridized carbons (Fsp3) is 0.900. The highest BCUT2D eigenvalue weighted by atomic mass is 31.2. The number of hydrogen-bond donors (Lipinski definition) is 3. The first-order valence-electron chi connectivity index (χ1n) is 40.7. The molecule has 17 nitrogen and oxygen atoms in total. The van der Waals surface area contributed by atoms with Crippen molar-refractivity contribution >= 4 is 39.5 Å². The molecule has 0 bridgehead atoms. The fourth-order valence-electron chi connectivity index (χ4n) is 11.7. The summed E-state index contributed by atoms with van der Waals surface area (Å²) in [5.74, 6) is 0.245. The van der Waals surface area contributed by atoms with Crippen LogP contribution >= 0.6 is 15.6 Å². The van der Waals surface area contributed by atoms with E-state index in [0.717, 1.165) is 127 Å². The summed E-state index contributed by atoms with van der Waals surface area (Å²) in [7, 11) is -9.93. The van der Waals surface area contributed by atoms with Gasteiger partial charge in [-0.2, -0.15) is 0 Å². The summed E-state index contributed by atoms with van der Waals surface area (Å²) in [5, 5.41) is 10.6. The monoisotopic (exact) mass is 1450 g/mol. The van der Waals surface area contributed by atoms with Crippen molar-refractivity contribution < 1.29 is 80.2 Å². The number of allylic oxidation sites excluding steroid dienone is 4. The van der Waals surface area contributed by atoms with Gasteiger partial charge in [-0.3, -0.25) is 37.3 Å². The van der Waals surface area contributed by atoms with Crippen molar-refractivity contribution in [2.75, 3.05) is 39.6 Å². The summed E-state index contributed by atoms with van der Waals surface area (Å²) in [6.07, 6.45) is 60.3. The van der Waals surface area contributed by atoms with Crippen LogP contribution in [0, 0.1) is 17.8 Å². The van der Waals surface area contributed by atoms with E-state index in [4.69, 9.17) is 37.0 Å². The van der Waals surface area contributed by atoms with E-state index in [1.54, 1.807) is 0 Å². The number of aliphatic hydroxyl groups is 1. The van der Waals surface area contributed by atoms with Gasteiger partial charge in [0.25, 0.3) is 0 Å². The summed E-state index contributed by atoms with van der Waals surface area (Å²) >= 11 is 0. The van der Waals surface area contributed by atoms with Crippen LogP contribution in [0.5, 0.6) is 0 Å². The summed E-state index contributed by atoms with van der Waals surface area (Å²) < 4.78 is 68.7. The minimum atomic E-state index is -4.97. The van der Waals surface area contributed by atoms with Crippen LogP contribution in [0.1, 0.15) is 389 Å². The molecule has 0 rings (SSSR count). The van der Waals surface area contributed by atoms with Crippen molar-refractivity contribution in [3.05, 3.63) is 24.3 Å². The first-order chi connectivity index (χ1) is 47.8. The molecule has 0 aromatic carbocycles. The molecular weight excluding hydrogens is 1290 g/mol. The predicted octanol–water partition coefficient (Wildman–Crippen LogP) is 23.3. The molecule has 0 aromatic heterocycles. The van der Waals surface area contributed by atoms with Crippen LogP contribution in [0.25, 0.3) is 0 Å². The van der Waals surface area contributed by atoms with E-state index >= 15 is 0 Å². The van der Waals surface area contributed by atoms with Gasteiger partial charge in [0.2, 0.25) is 0 Å². The molecule has 0 aliphatic rings. The van der Waals surface area contributed by atoms with Crippen molar-refractivity contribution in [2.45, 2.75) is 407 Å². The van der Waals surface area contributed by atoms with E-state index in [1.165, 1.54) is 180 Å². The van der Waals surface area contributed by atoms with Crippen LogP contribution in [0.15, 0.2) is 24.3 Å². The normalized spacial score (nSPS) is 14.7. The highest BCUT2D eigenvalue weighted by Crippen LogP contribution is 2.45. The number of phosphoric acid groups is 2.